The number of aliphatic hydroxyl groups is 1. The summed E-state index contributed by atoms with van der Waals surface area (Å²) in [5.74, 6) is -0.105. The molecule has 142 valence electrons. The van der Waals surface area contributed by atoms with Gasteiger partial charge in [-0.05, 0) is 29.8 Å². The summed E-state index contributed by atoms with van der Waals surface area (Å²) in [5, 5.41) is 25.7. The van der Waals surface area contributed by atoms with Crippen LogP contribution in [0.15, 0.2) is 36.4 Å². The number of ether oxygens (including phenoxy) is 1. The number of carbonyl (C=O) groups excluding carboxylic acids is 1. The molecule has 2 aromatic rings. The molecule has 7 nitrogen and oxygen atoms in total. The summed E-state index contributed by atoms with van der Waals surface area (Å²) >= 11 is 6.07. The van der Waals surface area contributed by atoms with Gasteiger partial charge in [0, 0.05) is 40.7 Å². The molecule has 8 heteroatoms. The van der Waals surface area contributed by atoms with Crippen LogP contribution in [-0.2, 0) is 4.79 Å². The van der Waals surface area contributed by atoms with Crippen LogP contribution < -0.4 is 10.1 Å². The van der Waals surface area contributed by atoms with Gasteiger partial charge < -0.3 is 15.2 Å². The third kappa shape index (κ3) is 3.61. The second-order valence-corrected chi connectivity index (χ2v) is 7.58. The van der Waals surface area contributed by atoms with Crippen LogP contribution in [0.25, 0.3) is 0 Å². The van der Waals surface area contributed by atoms with Gasteiger partial charge in [0.1, 0.15) is 5.75 Å². The molecule has 2 N–H and O–H groups in total. The number of fused-ring (bicyclic) bond motifs is 1. The average Bonchev–Trinajstić information content (AvgIpc) is 2.57. The summed E-state index contributed by atoms with van der Waals surface area (Å²) in [7, 11) is 0. The first-order chi connectivity index (χ1) is 12.6. The standard InChI is InChI=1S/C19H19ClN2O5/c1-10(23)27-14-4-5-16-15(9-14)18(24)19(2,3)17(21-16)11-6-12(20)8-13(7-11)22(25)26/h4-9,17-18,21,24H,1-3H3. The monoisotopic (exact) mass is 390 g/mol. The molecule has 0 radical (unpaired) electrons. The maximum absolute atomic E-state index is 11.2. The van der Waals surface area contributed by atoms with Crippen LogP contribution in [0.2, 0.25) is 5.02 Å². The fraction of sp³-hybridized carbons (Fsp3) is 0.316. The van der Waals surface area contributed by atoms with Crippen molar-refractivity contribution in [1.82, 2.24) is 0 Å². The molecule has 0 saturated carbocycles. The Hall–Kier alpha value is -2.64. The van der Waals surface area contributed by atoms with E-state index in [1.165, 1.54) is 19.1 Å². The molecule has 2 aromatic carbocycles. The van der Waals surface area contributed by atoms with Crippen molar-refractivity contribution in [2.45, 2.75) is 32.9 Å². The Labute approximate surface area is 161 Å². The summed E-state index contributed by atoms with van der Waals surface area (Å²) in [6.07, 6.45) is -0.896. The summed E-state index contributed by atoms with van der Waals surface area (Å²) < 4.78 is 5.10. The SMILES string of the molecule is CC(=O)Oc1ccc2c(c1)C(O)C(C)(C)C(c1cc(Cl)cc([N+](=O)[O-])c1)N2. The quantitative estimate of drug-likeness (QED) is 0.348. The van der Waals surface area contributed by atoms with Crippen molar-refractivity contribution >= 4 is 28.9 Å². The van der Waals surface area contributed by atoms with E-state index in [-0.39, 0.29) is 10.7 Å². The number of nitrogens with one attached hydrogen (secondary N) is 1. The molecule has 2 unspecified atom stereocenters. The van der Waals surface area contributed by atoms with E-state index in [0.29, 0.717) is 22.6 Å². The van der Waals surface area contributed by atoms with Gasteiger partial charge in [-0.1, -0.05) is 25.4 Å². The minimum Gasteiger partial charge on any atom is -0.427 e. The van der Waals surface area contributed by atoms with Crippen LogP contribution in [0.4, 0.5) is 11.4 Å². The number of hydrogen-bond acceptors (Lipinski definition) is 6. The number of anilines is 1. The van der Waals surface area contributed by atoms with E-state index in [4.69, 9.17) is 16.3 Å². The number of nitro groups is 1. The minimum absolute atomic E-state index is 0.111. The fourth-order valence-electron chi connectivity index (χ4n) is 3.41. The van der Waals surface area contributed by atoms with Gasteiger partial charge in [-0.3, -0.25) is 14.9 Å². The molecule has 0 bridgehead atoms. The lowest BCUT2D eigenvalue weighted by Crippen LogP contribution is -2.38. The Morgan fingerprint density at radius 3 is 2.63 bits per heavy atom. The molecule has 0 amide bonds. The van der Waals surface area contributed by atoms with Gasteiger partial charge in [-0.2, -0.15) is 0 Å². The molecule has 0 aliphatic carbocycles. The van der Waals surface area contributed by atoms with Crippen LogP contribution in [0, 0.1) is 15.5 Å². The van der Waals surface area contributed by atoms with E-state index in [0.717, 1.165) is 0 Å². The van der Waals surface area contributed by atoms with E-state index >= 15 is 0 Å². The van der Waals surface area contributed by atoms with Crippen molar-refractivity contribution in [3.63, 3.8) is 0 Å². The van der Waals surface area contributed by atoms with Gasteiger partial charge >= 0.3 is 5.97 Å². The number of rotatable bonds is 3. The van der Waals surface area contributed by atoms with Gasteiger partial charge in [0.05, 0.1) is 17.1 Å². The number of benzene rings is 2. The number of aliphatic hydroxyl groups excluding tert-OH is 1. The largest absolute Gasteiger partial charge is 0.427 e. The van der Waals surface area contributed by atoms with Crippen LogP contribution in [-0.4, -0.2) is 16.0 Å². The van der Waals surface area contributed by atoms with Crippen molar-refractivity contribution < 1.29 is 19.6 Å². The summed E-state index contributed by atoms with van der Waals surface area (Å²) in [5.41, 5.74) is 1.02. The van der Waals surface area contributed by atoms with Gasteiger partial charge in [0.2, 0.25) is 0 Å². The Kier molecular flexibility index (Phi) is 4.84. The van der Waals surface area contributed by atoms with Crippen LogP contribution in [0.3, 0.4) is 0 Å². The van der Waals surface area contributed by atoms with E-state index in [2.05, 4.69) is 5.32 Å². The normalized spacial score (nSPS) is 20.3. The molecule has 0 aromatic heterocycles. The van der Waals surface area contributed by atoms with Crippen LogP contribution >= 0.6 is 11.6 Å². The third-order valence-electron chi connectivity index (χ3n) is 4.78. The first kappa shape index (κ1) is 19.1. The number of hydrogen-bond donors (Lipinski definition) is 2. The Morgan fingerprint density at radius 2 is 2.00 bits per heavy atom. The van der Waals surface area contributed by atoms with Crippen molar-refractivity contribution in [1.29, 1.82) is 0 Å². The van der Waals surface area contributed by atoms with Crippen molar-refractivity contribution in [2.24, 2.45) is 5.41 Å². The first-order valence-electron chi connectivity index (χ1n) is 8.31. The van der Waals surface area contributed by atoms with E-state index in [1.54, 1.807) is 24.3 Å². The highest BCUT2D eigenvalue weighted by molar-refractivity contribution is 6.30. The number of nitro benzene ring substituents is 1. The Bertz CT molecular complexity index is 928. The van der Waals surface area contributed by atoms with Gasteiger partial charge in [0.15, 0.2) is 0 Å². The summed E-state index contributed by atoms with van der Waals surface area (Å²) in [6, 6.07) is 8.92. The maximum Gasteiger partial charge on any atom is 0.308 e. The molecule has 0 fully saturated rings. The maximum atomic E-state index is 11.2. The Balaban J connectivity index is 2.06. The van der Waals surface area contributed by atoms with Gasteiger partial charge in [-0.25, -0.2) is 0 Å². The average molecular weight is 391 g/mol. The lowest BCUT2D eigenvalue weighted by Gasteiger charge is -2.44. The second-order valence-electron chi connectivity index (χ2n) is 7.14. The number of halogens is 1. The summed E-state index contributed by atoms with van der Waals surface area (Å²) in [6.45, 7) is 5.01. The first-order valence-corrected chi connectivity index (χ1v) is 8.69. The van der Waals surface area contributed by atoms with Crippen molar-refractivity contribution in [2.75, 3.05) is 5.32 Å². The predicted octanol–water partition coefficient (Wildman–Crippen LogP) is 4.40. The van der Waals surface area contributed by atoms with Crippen molar-refractivity contribution in [3.05, 3.63) is 62.7 Å². The van der Waals surface area contributed by atoms with E-state index in [9.17, 15) is 20.0 Å². The lowest BCUT2D eigenvalue weighted by molar-refractivity contribution is -0.384. The fourth-order valence-corrected chi connectivity index (χ4v) is 3.65. The van der Waals surface area contributed by atoms with Gasteiger partial charge in [-0.15, -0.1) is 0 Å². The smallest absolute Gasteiger partial charge is 0.308 e. The molecule has 1 heterocycles. The third-order valence-corrected chi connectivity index (χ3v) is 5.00. The number of carbonyl (C=O) groups is 1. The molecule has 27 heavy (non-hydrogen) atoms. The zero-order valence-electron chi connectivity index (χ0n) is 15.0. The number of esters is 1. The topological polar surface area (TPSA) is 102 Å². The molecule has 2 atom stereocenters. The second kappa shape index (κ2) is 6.83. The predicted molar refractivity (Wildman–Crippen MR) is 101 cm³/mol. The molecular weight excluding hydrogens is 372 g/mol. The highest BCUT2D eigenvalue weighted by Crippen LogP contribution is 2.52. The Morgan fingerprint density at radius 1 is 1.30 bits per heavy atom. The highest BCUT2D eigenvalue weighted by Gasteiger charge is 2.43. The molecule has 0 saturated heterocycles. The number of nitrogens with zero attached hydrogens (tertiary/aromatic N) is 1. The van der Waals surface area contributed by atoms with Gasteiger partial charge in [0.25, 0.3) is 5.69 Å². The van der Waals surface area contributed by atoms with Crippen molar-refractivity contribution in [3.8, 4) is 5.75 Å². The van der Waals surface area contributed by atoms with E-state index < -0.39 is 28.5 Å². The number of non-ortho nitro benzene ring substituents is 1. The minimum atomic E-state index is -0.896. The van der Waals surface area contributed by atoms with E-state index in [1.807, 2.05) is 13.8 Å². The molecule has 0 spiro atoms. The zero-order valence-corrected chi connectivity index (χ0v) is 15.8. The van der Waals surface area contributed by atoms with Crippen LogP contribution in [0.1, 0.15) is 44.0 Å². The highest BCUT2D eigenvalue weighted by atomic mass is 35.5. The molecule has 1 aliphatic heterocycles. The zero-order chi connectivity index (χ0) is 19.9. The molecule has 1 aliphatic rings. The molecular formula is C19H19ClN2O5. The lowest BCUT2D eigenvalue weighted by atomic mass is 9.70. The van der Waals surface area contributed by atoms with Crippen LogP contribution in [0.5, 0.6) is 5.75 Å². The molecule has 3 rings (SSSR count). The summed E-state index contributed by atoms with van der Waals surface area (Å²) in [4.78, 5) is 21.9.